The zero-order chi connectivity index (χ0) is 15.3. The molecule has 3 heterocycles. The molecule has 1 unspecified atom stereocenters. The summed E-state index contributed by atoms with van der Waals surface area (Å²) in [6.45, 7) is 3.13. The maximum absolute atomic E-state index is 10.9. The van der Waals surface area contributed by atoms with Crippen molar-refractivity contribution in [2.75, 3.05) is 11.4 Å². The van der Waals surface area contributed by atoms with E-state index in [0.717, 1.165) is 28.3 Å². The summed E-state index contributed by atoms with van der Waals surface area (Å²) in [5.74, 6) is 0. The van der Waals surface area contributed by atoms with Crippen molar-refractivity contribution < 1.29 is 4.92 Å². The molecule has 0 fully saturated rings. The molecule has 22 heavy (non-hydrogen) atoms. The highest BCUT2D eigenvalue weighted by atomic mass is 32.1. The van der Waals surface area contributed by atoms with Gasteiger partial charge in [-0.25, -0.2) is 4.98 Å². The van der Waals surface area contributed by atoms with Crippen molar-refractivity contribution in [3.8, 4) is 0 Å². The van der Waals surface area contributed by atoms with Crippen LogP contribution in [-0.4, -0.2) is 16.5 Å². The Hall–Kier alpha value is -1.99. The second-order valence-electron chi connectivity index (χ2n) is 5.32. The van der Waals surface area contributed by atoms with Crippen molar-refractivity contribution in [2.45, 2.75) is 19.4 Å². The smallest absolute Gasteiger partial charge is 0.270 e. The van der Waals surface area contributed by atoms with Crippen LogP contribution in [0.25, 0.3) is 10.2 Å². The maximum atomic E-state index is 10.9. The van der Waals surface area contributed by atoms with Gasteiger partial charge in [-0.3, -0.25) is 10.1 Å². The molecule has 112 valence electrons. The first-order valence-corrected chi connectivity index (χ1v) is 8.71. The Balaban J connectivity index is 1.74. The van der Waals surface area contributed by atoms with Gasteiger partial charge in [-0.05, 0) is 36.4 Å². The van der Waals surface area contributed by atoms with Gasteiger partial charge < -0.3 is 4.90 Å². The van der Waals surface area contributed by atoms with E-state index < -0.39 is 0 Å². The number of rotatable bonds is 2. The summed E-state index contributed by atoms with van der Waals surface area (Å²) in [7, 11) is 0. The second kappa shape index (κ2) is 5.03. The van der Waals surface area contributed by atoms with Crippen LogP contribution in [0.4, 0.5) is 10.8 Å². The zero-order valence-corrected chi connectivity index (χ0v) is 13.5. The predicted molar refractivity (Wildman–Crippen MR) is 90.1 cm³/mol. The Morgan fingerprint density at radius 2 is 2.27 bits per heavy atom. The Bertz CT molecular complexity index is 871. The molecule has 0 bridgehead atoms. The summed E-state index contributed by atoms with van der Waals surface area (Å²) < 4.78 is 0.868. The first kappa shape index (κ1) is 13.7. The number of hydrogen-bond acceptors (Lipinski definition) is 6. The molecule has 0 saturated heterocycles. The summed E-state index contributed by atoms with van der Waals surface area (Å²) in [6, 6.07) is 7.35. The van der Waals surface area contributed by atoms with Crippen LogP contribution >= 0.6 is 22.7 Å². The molecule has 1 aromatic carbocycles. The Kier molecular flexibility index (Phi) is 3.12. The van der Waals surface area contributed by atoms with Crippen LogP contribution in [0.2, 0.25) is 0 Å². The largest absolute Gasteiger partial charge is 0.341 e. The number of fused-ring (bicyclic) bond motifs is 2. The highest BCUT2D eigenvalue weighted by Gasteiger charge is 2.27. The number of thiophene rings is 1. The first-order valence-electron chi connectivity index (χ1n) is 7.01. The summed E-state index contributed by atoms with van der Waals surface area (Å²) >= 11 is 3.35. The Morgan fingerprint density at radius 3 is 3.09 bits per heavy atom. The standard InChI is InChI=1S/C15H13N3O2S2/c1-9-11-5-7-21-13(11)4-6-17(9)15-16-12-3-2-10(18(19)20)8-14(12)22-15/h2-3,5,7-9H,4,6H2,1H3. The molecule has 0 spiro atoms. The number of benzene rings is 1. The van der Waals surface area contributed by atoms with Gasteiger partial charge in [0.1, 0.15) is 0 Å². The average Bonchev–Trinajstić information content (AvgIpc) is 3.13. The van der Waals surface area contributed by atoms with Crippen LogP contribution in [0.3, 0.4) is 0 Å². The summed E-state index contributed by atoms with van der Waals surface area (Å²) in [5.41, 5.74) is 2.32. The Labute approximate surface area is 135 Å². The van der Waals surface area contributed by atoms with Crippen molar-refractivity contribution >= 4 is 43.7 Å². The van der Waals surface area contributed by atoms with Gasteiger partial charge in [-0.1, -0.05) is 11.3 Å². The van der Waals surface area contributed by atoms with Crippen molar-refractivity contribution in [1.29, 1.82) is 0 Å². The molecule has 1 atom stereocenters. The predicted octanol–water partition coefficient (Wildman–Crippen LogP) is 4.39. The van der Waals surface area contributed by atoms with Gasteiger partial charge in [0.15, 0.2) is 5.13 Å². The summed E-state index contributed by atoms with van der Waals surface area (Å²) in [4.78, 5) is 19.0. The lowest BCUT2D eigenvalue weighted by atomic mass is 10.0. The lowest BCUT2D eigenvalue weighted by Gasteiger charge is -2.33. The lowest BCUT2D eigenvalue weighted by molar-refractivity contribution is -0.384. The number of thiazole rings is 1. The molecule has 1 aliphatic heterocycles. The third-order valence-corrected chi connectivity index (χ3v) is 6.15. The average molecular weight is 331 g/mol. The monoisotopic (exact) mass is 331 g/mol. The van der Waals surface area contributed by atoms with E-state index in [4.69, 9.17) is 0 Å². The topological polar surface area (TPSA) is 59.3 Å². The van der Waals surface area contributed by atoms with Gasteiger partial charge in [-0.2, -0.15) is 0 Å². The van der Waals surface area contributed by atoms with E-state index in [9.17, 15) is 10.1 Å². The van der Waals surface area contributed by atoms with E-state index in [0.29, 0.717) is 6.04 Å². The molecular weight excluding hydrogens is 318 g/mol. The first-order chi connectivity index (χ1) is 10.6. The summed E-state index contributed by atoms with van der Waals surface area (Å²) in [5, 5.41) is 14.0. The molecule has 5 nitrogen and oxygen atoms in total. The number of nitro benzene ring substituents is 1. The molecule has 0 amide bonds. The normalized spacial score (nSPS) is 17.7. The second-order valence-corrected chi connectivity index (χ2v) is 7.33. The minimum Gasteiger partial charge on any atom is -0.341 e. The SMILES string of the molecule is CC1c2ccsc2CCN1c1nc2ccc([N+](=O)[O-])cc2s1. The lowest BCUT2D eigenvalue weighted by Crippen LogP contribution is -2.32. The fraction of sp³-hybridized carbons (Fsp3) is 0.267. The molecule has 4 rings (SSSR count). The summed E-state index contributed by atoms with van der Waals surface area (Å²) in [6.07, 6.45) is 1.04. The third kappa shape index (κ3) is 2.08. The van der Waals surface area contributed by atoms with Crippen molar-refractivity contribution in [3.63, 3.8) is 0 Å². The molecular formula is C15H13N3O2S2. The number of nitro groups is 1. The van der Waals surface area contributed by atoms with Crippen LogP contribution in [0, 0.1) is 10.1 Å². The number of aromatic nitrogens is 1. The molecule has 1 aliphatic rings. The Morgan fingerprint density at radius 1 is 1.41 bits per heavy atom. The zero-order valence-electron chi connectivity index (χ0n) is 11.9. The minimum absolute atomic E-state index is 0.120. The fourth-order valence-electron chi connectivity index (χ4n) is 2.91. The van der Waals surface area contributed by atoms with Crippen LogP contribution < -0.4 is 4.90 Å². The molecule has 0 saturated carbocycles. The van der Waals surface area contributed by atoms with Gasteiger partial charge in [-0.15, -0.1) is 11.3 Å². The molecule has 7 heteroatoms. The van der Waals surface area contributed by atoms with E-state index >= 15 is 0 Å². The molecule has 0 N–H and O–H groups in total. The van der Waals surface area contributed by atoms with E-state index in [1.54, 1.807) is 12.1 Å². The number of non-ortho nitro benzene ring substituents is 1. The third-order valence-electron chi connectivity index (χ3n) is 4.09. The van der Waals surface area contributed by atoms with Crippen LogP contribution in [0.15, 0.2) is 29.6 Å². The maximum Gasteiger partial charge on any atom is 0.270 e. The van der Waals surface area contributed by atoms with Crippen molar-refractivity contribution in [1.82, 2.24) is 4.98 Å². The molecule has 3 aromatic rings. The number of hydrogen-bond donors (Lipinski definition) is 0. The van der Waals surface area contributed by atoms with Gasteiger partial charge in [0.05, 0.1) is 21.2 Å². The van der Waals surface area contributed by atoms with E-state index in [1.807, 2.05) is 11.3 Å². The van der Waals surface area contributed by atoms with Crippen LogP contribution in [-0.2, 0) is 6.42 Å². The van der Waals surface area contributed by atoms with E-state index in [1.165, 1.54) is 27.8 Å². The van der Waals surface area contributed by atoms with Crippen molar-refractivity contribution in [3.05, 3.63) is 50.2 Å². The molecule has 0 aliphatic carbocycles. The van der Waals surface area contributed by atoms with Crippen molar-refractivity contribution in [2.24, 2.45) is 0 Å². The van der Waals surface area contributed by atoms with Gasteiger partial charge in [0, 0.05) is 23.6 Å². The van der Waals surface area contributed by atoms with Crippen LogP contribution in [0.1, 0.15) is 23.4 Å². The number of nitrogens with zero attached hydrogens (tertiary/aromatic N) is 3. The fourth-order valence-corrected chi connectivity index (χ4v) is 4.98. The highest BCUT2D eigenvalue weighted by Crippen LogP contribution is 2.39. The quantitative estimate of drug-likeness (QED) is 0.516. The van der Waals surface area contributed by atoms with Gasteiger partial charge >= 0.3 is 0 Å². The highest BCUT2D eigenvalue weighted by molar-refractivity contribution is 7.22. The van der Waals surface area contributed by atoms with Crippen LogP contribution in [0.5, 0.6) is 0 Å². The van der Waals surface area contributed by atoms with E-state index in [2.05, 4.69) is 28.3 Å². The van der Waals surface area contributed by atoms with E-state index in [-0.39, 0.29) is 10.6 Å². The molecule has 2 aromatic heterocycles. The minimum atomic E-state index is -0.361. The van der Waals surface area contributed by atoms with Gasteiger partial charge in [0.25, 0.3) is 5.69 Å². The molecule has 0 radical (unpaired) electrons. The number of anilines is 1. The van der Waals surface area contributed by atoms with Gasteiger partial charge in [0.2, 0.25) is 0 Å².